The van der Waals surface area contributed by atoms with Crippen LogP contribution in [0.5, 0.6) is 0 Å². The molecule has 1 aromatic carbocycles. The second-order valence-electron chi connectivity index (χ2n) is 6.00. The summed E-state index contributed by atoms with van der Waals surface area (Å²) in [5.74, 6) is 0.565. The average Bonchev–Trinajstić information content (AvgIpc) is 3.32. The summed E-state index contributed by atoms with van der Waals surface area (Å²) >= 11 is 2.85. The molecule has 0 saturated carbocycles. The molecule has 4 rings (SSSR count). The van der Waals surface area contributed by atoms with Gasteiger partial charge in [-0.25, -0.2) is 0 Å². The number of anilines is 1. The third kappa shape index (κ3) is 3.09. The van der Waals surface area contributed by atoms with Gasteiger partial charge in [-0.15, -0.1) is 21.5 Å². The topological polar surface area (TPSA) is 59.2 Å². The van der Waals surface area contributed by atoms with Gasteiger partial charge in [-0.05, 0) is 43.3 Å². The Labute approximate surface area is 154 Å². The molecule has 1 aliphatic rings. The fourth-order valence-corrected chi connectivity index (χ4v) is 4.43. The molecule has 3 aromatic rings. The van der Waals surface area contributed by atoms with Crippen LogP contribution in [0, 0.1) is 0 Å². The number of nitrogens with zero attached hydrogens (tertiary/aromatic N) is 3. The maximum atomic E-state index is 13.0. The van der Waals surface area contributed by atoms with Gasteiger partial charge in [-0.1, -0.05) is 36.0 Å². The summed E-state index contributed by atoms with van der Waals surface area (Å²) in [6.45, 7) is 3.96. The van der Waals surface area contributed by atoms with Crippen LogP contribution < -0.4 is 4.90 Å². The van der Waals surface area contributed by atoms with Crippen molar-refractivity contribution in [2.75, 3.05) is 4.90 Å². The highest BCUT2D eigenvalue weighted by molar-refractivity contribution is 8.00. The average molecular weight is 371 g/mol. The van der Waals surface area contributed by atoms with Crippen molar-refractivity contribution in [3.63, 3.8) is 0 Å². The van der Waals surface area contributed by atoms with Crippen LogP contribution in [-0.2, 0) is 11.2 Å². The number of para-hydroxylation sites is 1. The molecule has 7 heteroatoms. The van der Waals surface area contributed by atoms with Crippen molar-refractivity contribution < 1.29 is 9.21 Å². The van der Waals surface area contributed by atoms with Gasteiger partial charge < -0.3 is 9.32 Å². The largest absolute Gasteiger partial charge is 0.410 e. The number of rotatable bonds is 4. The van der Waals surface area contributed by atoms with Crippen LogP contribution in [-0.4, -0.2) is 27.4 Å². The van der Waals surface area contributed by atoms with Gasteiger partial charge >= 0.3 is 0 Å². The smallest absolute Gasteiger partial charge is 0.277 e. The van der Waals surface area contributed by atoms with Gasteiger partial charge in [0.2, 0.25) is 5.91 Å². The summed E-state index contributed by atoms with van der Waals surface area (Å²) in [6, 6.07) is 12.1. The zero-order valence-electron chi connectivity index (χ0n) is 13.9. The standard InChI is InChI=1S/C18H17N3O2S2/c1-11-10-13-6-3-4-7-14(13)21(11)17(22)12(2)25-18-20-19-16(23-18)15-8-5-9-24-15/h3-9,11-12H,10H2,1-2H3. The van der Waals surface area contributed by atoms with Crippen LogP contribution in [0.2, 0.25) is 0 Å². The Morgan fingerprint density at radius 1 is 1.32 bits per heavy atom. The van der Waals surface area contributed by atoms with Crippen molar-refractivity contribution >= 4 is 34.7 Å². The predicted octanol–water partition coefficient (Wildman–Crippen LogP) is 4.26. The molecule has 2 aromatic heterocycles. The van der Waals surface area contributed by atoms with Crippen molar-refractivity contribution in [3.8, 4) is 10.8 Å². The maximum absolute atomic E-state index is 13.0. The highest BCUT2D eigenvalue weighted by atomic mass is 32.2. The molecule has 0 radical (unpaired) electrons. The Kier molecular flexibility index (Phi) is 4.35. The van der Waals surface area contributed by atoms with E-state index < -0.39 is 0 Å². The molecule has 0 aliphatic carbocycles. The molecule has 1 aliphatic heterocycles. The van der Waals surface area contributed by atoms with Crippen LogP contribution in [0.4, 0.5) is 5.69 Å². The van der Waals surface area contributed by atoms with E-state index >= 15 is 0 Å². The molecule has 3 heterocycles. The minimum absolute atomic E-state index is 0.0679. The van der Waals surface area contributed by atoms with E-state index in [4.69, 9.17) is 4.42 Å². The SMILES string of the molecule is CC(Sc1nnc(-c2cccs2)o1)C(=O)N1c2ccccc2CC1C. The van der Waals surface area contributed by atoms with E-state index in [-0.39, 0.29) is 17.2 Å². The van der Waals surface area contributed by atoms with E-state index in [0.717, 1.165) is 17.0 Å². The number of thiophene rings is 1. The molecule has 5 nitrogen and oxygen atoms in total. The van der Waals surface area contributed by atoms with Gasteiger partial charge in [0.1, 0.15) is 0 Å². The van der Waals surface area contributed by atoms with Crippen molar-refractivity contribution in [2.45, 2.75) is 36.8 Å². The first-order chi connectivity index (χ1) is 12.1. The van der Waals surface area contributed by atoms with Crippen LogP contribution in [0.25, 0.3) is 10.8 Å². The number of carbonyl (C=O) groups excluding carboxylic acids is 1. The van der Waals surface area contributed by atoms with Crippen LogP contribution in [0.15, 0.2) is 51.4 Å². The van der Waals surface area contributed by atoms with Gasteiger partial charge in [-0.3, -0.25) is 4.79 Å². The molecule has 25 heavy (non-hydrogen) atoms. The van der Waals surface area contributed by atoms with Gasteiger partial charge in [0.05, 0.1) is 10.1 Å². The third-order valence-electron chi connectivity index (χ3n) is 4.21. The normalized spacial score (nSPS) is 17.5. The van der Waals surface area contributed by atoms with Crippen LogP contribution >= 0.6 is 23.1 Å². The number of fused-ring (bicyclic) bond motifs is 1. The summed E-state index contributed by atoms with van der Waals surface area (Å²) in [4.78, 5) is 15.8. The van der Waals surface area contributed by atoms with E-state index in [1.807, 2.05) is 47.5 Å². The summed E-state index contributed by atoms with van der Waals surface area (Å²) in [5.41, 5.74) is 2.23. The van der Waals surface area contributed by atoms with Crippen molar-refractivity contribution in [1.82, 2.24) is 10.2 Å². The summed E-state index contributed by atoms with van der Waals surface area (Å²) in [6.07, 6.45) is 0.891. The highest BCUT2D eigenvalue weighted by Crippen LogP contribution is 2.35. The lowest BCUT2D eigenvalue weighted by atomic mass is 10.1. The van der Waals surface area contributed by atoms with Crippen molar-refractivity contribution in [3.05, 3.63) is 47.3 Å². The molecule has 0 bridgehead atoms. The number of thioether (sulfide) groups is 1. The Morgan fingerprint density at radius 2 is 2.16 bits per heavy atom. The fourth-order valence-electron chi connectivity index (χ4n) is 3.06. The van der Waals surface area contributed by atoms with Gasteiger partial charge in [0, 0.05) is 11.7 Å². The second-order valence-corrected chi connectivity index (χ2v) is 8.24. The van der Waals surface area contributed by atoms with Gasteiger partial charge in [-0.2, -0.15) is 0 Å². The van der Waals surface area contributed by atoms with Crippen molar-refractivity contribution in [2.24, 2.45) is 0 Å². The Balaban J connectivity index is 1.50. The molecule has 1 amide bonds. The Hall–Kier alpha value is -2.12. The molecule has 2 atom stereocenters. The number of hydrogen-bond donors (Lipinski definition) is 0. The Morgan fingerprint density at radius 3 is 2.96 bits per heavy atom. The first kappa shape index (κ1) is 16.4. The van der Waals surface area contributed by atoms with Gasteiger partial charge in [0.25, 0.3) is 11.1 Å². The molecule has 0 N–H and O–H groups in total. The molecule has 0 spiro atoms. The monoisotopic (exact) mass is 371 g/mol. The van der Waals surface area contributed by atoms with Gasteiger partial charge in [0.15, 0.2) is 0 Å². The zero-order chi connectivity index (χ0) is 17.4. The number of benzene rings is 1. The van der Waals surface area contributed by atoms with Crippen LogP contribution in [0.3, 0.4) is 0 Å². The molecule has 0 saturated heterocycles. The summed E-state index contributed by atoms with van der Waals surface area (Å²) in [7, 11) is 0. The number of aromatic nitrogens is 2. The molecular formula is C18H17N3O2S2. The van der Waals surface area contributed by atoms with E-state index in [2.05, 4.69) is 23.2 Å². The fraction of sp³-hybridized carbons (Fsp3) is 0.278. The lowest BCUT2D eigenvalue weighted by Crippen LogP contribution is -2.40. The van der Waals surface area contributed by atoms with E-state index in [9.17, 15) is 4.79 Å². The summed E-state index contributed by atoms with van der Waals surface area (Å²) < 4.78 is 5.69. The molecule has 128 valence electrons. The molecular weight excluding hydrogens is 354 g/mol. The predicted molar refractivity (Wildman–Crippen MR) is 100 cm³/mol. The first-order valence-electron chi connectivity index (χ1n) is 8.08. The lowest BCUT2D eigenvalue weighted by molar-refractivity contribution is -0.118. The number of carbonyl (C=O) groups is 1. The second kappa shape index (κ2) is 6.65. The number of hydrogen-bond acceptors (Lipinski definition) is 6. The van der Waals surface area contributed by atoms with Crippen molar-refractivity contribution in [1.29, 1.82) is 0 Å². The number of amides is 1. The van der Waals surface area contributed by atoms with E-state index in [0.29, 0.717) is 11.1 Å². The lowest BCUT2D eigenvalue weighted by Gasteiger charge is -2.25. The molecule has 2 unspecified atom stereocenters. The minimum Gasteiger partial charge on any atom is -0.410 e. The zero-order valence-corrected chi connectivity index (χ0v) is 15.5. The van der Waals surface area contributed by atoms with E-state index in [1.165, 1.54) is 17.3 Å². The summed E-state index contributed by atoms with van der Waals surface area (Å²) in [5, 5.41) is 10.2. The molecule has 0 fully saturated rings. The van der Waals surface area contributed by atoms with Crippen LogP contribution in [0.1, 0.15) is 19.4 Å². The van der Waals surface area contributed by atoms with E-state index in [1.54, 1.807) is 11.3 Å². The Bertz CT molecular complexity index is 891. The minimum atomic E-state index is -0.301. The first-order valence-corrected chi connectivity index (χ1v) is 9.84. The quantitative estimate of drug-likeness (QED) is 0.642. The highest BCUT2D eigenvalue weighted by Gasteiger charge is 2.34. The maximum Gasteiger partial charge on any atom is 0.277 e. The third-order valence-corrected chi connectivity index (χ3v) is 5.99.